The molecule has 7 nitrogen and oxygen atoms in total. The van der Waals surface area contributed by atoms with Gasteiger partial charge in [-0.05, 0) is 61.0 Å². The second-order valence-corrected chi connectivity index (χ2v) is 10.3. The molecular weight excluding hydrogens is 416 g/mol. The lowest BCUT2D eigenvalue weighted by Gasteiger charge is -2.42. The molecule has 1 aromatic heterocycles. The number of rotatable bonds is 8. The molecule has 1 aromatic carbocycles. The first-order valence-electron chi connectivity index (χ1n) is 12.2. The second-order valence-electron chi connectivity index (χ2n) is 10.3. The number of carbonyl (C=O) groups excluding carboxylic acids is 3. The highest BCUT2D eigenvalue weighted by Gasteiger charge is 2.53. The van der Waals surface area contributed by atoms with Gasteiger partial charge in [0.25, 0.3) is 5.91 Å². The van der Waals surface area contributed by atoms with Crippen molar-refractivity contribution in [2.24, 2.45) is 11.3 Å². The predicted octanol–water partition coefficient (Wildman–Crippen LogP) is 4.06. The SMILES string of the molecule is CCC(C)(C)C1CCC2(CC1)NC(=O)N(CC(=O)NCCCn1ccc3ccccc31)C2=O. The number of carbonyl (C=O) groups is 3. The number of nitrogens with zero attached hydrogens (tertiary/aromatic N) is 2. The van der Waals surface area contributed by atoms with Crippen molar-refractivity contribution >= 4 is 28.7 Å². The molecule has 33 heavy (non-hydrogen) atoms. The molecule has 1 saturated heterocycles. The van der Waals surface area contributed by atoms with Crippen molar-refractivity contribution in [1.82, 2.24) is 20.1 Å². The summed E-state index contributed by atoms with van der Waals surface area (Å²) in [5.41, 5.74) is 0.581. The van der Waals surface area contributed by atoms with Crippen LogP contribution >= 0.6 is 0 Å². The van der Waals surface area contributed by atoms with Gasteiger partial charge >= 0.3 is 6.03 Å². The summed E-state index contributed by atoms with van der Waals surface area (Å²) in [4.78, 5) is 39.2. The fourth-order valence-corrected chi connectivity index (χ4v) is 5.35. The molecule has 2 fully saturated rings. The maximum atomic E-state index is 13.1. The van der Waals surface area contributed by atoms with E-state index >= 15 is 0 Å². The van der Waals surface area contributed by atoms with E-state index in [0.29, 0.717) is 25.3 Å². The lowest BCUT2D eigenvalue weighted by molar-refractivity contribution is -0.136. The molecule has 0 atom stereocenters. The Bertz CT molecular complexity index is 1030. The van der Waals surface area contributed by atoms with Gasteiger partial charge in [-0.2, -0.15) is 0 Å². The summed E-state index contributed by atoms with van der Waals surface area (Å²) in [6, 6.07) is 9.83. The van der Waals surface area contributed by atoms with E-state index in [1.54, 1.807) is 0 Å². The van der Waals surface area contributed by atoms with Gasteiger partial charge in [-0.15, -0.1) is 0 Å². The standard InChI is InChI=1S/C26H36N4O3/c1-4-25(2,3)20-10-13-26(14-11-20)23(32)30(24(33)28-26)18-22(31)27-15-7-16-29-17-12-19-8-5-6-9-21(19)29/h5-6,8-9,12,17,20H,4,7,10-11,13-16,18H2,1-3H3,(H,27,31)(H,28,33). The molecule has 2 heterocycles. The Kier molecular flexibility index (Phi) is 6.50. The molecule has 178 valence electrons. The van der Waals surface area contributed by atoms with Crippen LogP contribution in [0.4, 0.5) is 4.79 Å². The fourth-order valence-electron chi connectivity index (χ4n) is 5.35. The predicted molar refractivity (Wildman–Crippen MR) is 129 cm³/mol. The monoisotopic (exact) mass is 452 g/mol. The maximum absolute atomic E-state index is 13.1. The van der Waals surface area contributed by atoms with Crippen LogP contribution in [0, 0.1) is 11.3 Å². The van der Waals surface area contributed by atoms with Crippen LogP contribution in [0.5, 0.6) is 0 Å². The van der Waals surface area contributed by atoms with E-state index in [4.69, 9.17) is 0 Å². The summed E-state index contributed by atoms with van der Waals surface area (Å²) in [7, 11) is 0. The number of hydrogen-bond donors (Lipinski definition) is 2. The lowest BCUT2D eigenvalue weighted by Crippen LogP contribution is -2.51. The van der Waals surface area contributed by atoms with Crippen LogP contribution in [0.15, 0.2) is 36.5 Å². The van der Waals surface area contributed by atoms with Gasteiger partial charge in [0.15, 0.2) is 0 Å². The fraction of sp³-hybridized carbons (Fsp3) is 0.577. The molecule has 7 heteroatoms. The summed E-state index contributed by atoms with van der Waals surface area (Å²) < 4.78 is 2.17. The summed E-state index contributed by atoms with van der Waals surface area (Å²) in [6.07, 6.45) is 7.04. The van der Waals surface area contributed by atoms with Gasteiger partial charge in [-0.3, -0.25) is 14.5 Å². The van der Waals surface area contributed by atoms with Crippen LogP contribution in [0.2, 0.25) is 0 Å². The van der Waals surface area contributed by atoms with E-state index in [2.05, 4.69) is 60.4 Å². The molecule has 1 saturated carbocycles. The van der Waals surface area contributed by atoms with Gasteiger partial charge in [0, 0.05) is 24.8 Å². The number of nitrogens with one attached hydrogen (secondary N) is 2. The molecule has 0 bridgehead atoms. The summed E-state index contributed by atoms with van der Waals surface area (Å²) >= 11 is 0. The molecule has 2 aliphatic rings. The zero-order chi connectivity index (χ0) is 23.6. The summed E-state index contributed by atoms with van der Waals surface area (Å²) in [5.74, 6) is 0.00975. The van der Waals surface area contributed by atoms with Crippen molar-refractivity contribution in [2.75, 3.05) is 13.1 Å². The first-order chi connectivity index (χ1) is 15.8. The molecule has 4 rings (SSSR count). The van der Waals surface area contributed by atoms with Crippen molar-refractivity contribution in [3.63, 3.8) is 0 Å². The molecule has 1 aliphatic carbocycles. The Labute approximate surface area is 195 Å². The Morgan fingerprint density at radius 1 is 1.18 bits per heavy atom. The van der Waals surface area contributed by atoms with Crippen LogP contribution in [0.1, 0.15) is 59.3 Å². The Hall–Kier alpha value is -2.83. The number of imide groups is 1. The minimum atomic E-state index is -0.826. The molecule has 0 unspecified atom stereocenters. The zero-order valence-corrected chi connectivity index (χ0v) is 20.0. The first kappa shape index (κ1) is 23.3. The van der Waals surface area contributed by atoms with Crippen molar-refractivity contribution in [3.05, 3.63) is 36.5 Å². The van der Waals surface area contributed by atoms with Gasteiger partial charge in [0.1, 0.15) is 12.1 Å². The molecule has 0 radical (unpaired) electrons. The average molecular weight is 453 g/mol. The average Bonchev–Trinajstić information content (AvgIpc) is 3.31. The molecule has 1 spiro atoms. The van der Waals surface area contributed by atoms with Crippen molar-refractivity contribution in [1.29, 1.82) is 0 Å². The molecule has 1 aliphatic heterocycles. The third-order valence-corrected chi connectivity index (χ3v) is 7.98. The Balaban J connectivity index is 1.25. The van der Waals surface area contributed by atoms with E-state index in [1.807, 2.05) is 12.1 Å². The van der Waals surface area contributed by atoms with Crippen molar-refractivity contribution in [2.45, 2.75) is 71.4 Å². The highest BCUT2D eigenvalue weighted by Crippen LogP contribution is 2.45. The van der Waals surface area contributed by atoms with E-state index < -0.39 is 11.6 Å². The Morgan fingerprint density at radius 3 is 2.64 bits per heavy atom. The van der Waals surface area contributed by atoms with Crippen LogP contribution < -0.4 is 10.6 Å². The zero-order valence-electron chi connectivity index (χ0n) is 20.0. The van der Waals surface area contributed by atoms with Crippen LogP contribution in [0.25, 0.3) is 10.9 Å². The molecule has 4 amide bonds. The van der Waals surface area contributed by atoms with Gasteiger partial charge in [0.2, 0.25) is 5.91 Å². The quantitative estimate of drug-likeness (QED) is 0.468. The third kappa shape index (κ3) is 4.63. The van der Waals surface area contributed by atoms with Gasteiger partial charge < -0.3 is 15.2 Å². The summed E-state index contributed by atoms with van der Waals surface area (Å²) in [5, 5.41) is 6.98. The van der Waals surface area contributed by atoms with Gasteiger partial charge in [-0.25, -0.2) is 4.79 Å². The maximum Gasteiger partial charge on any atom is 0.325 e. The number of urea groups is 1. The molecular formula is C26H36N4O3. The van der Waals surface area contributed by atoms with Crippen LogP contribution in [-0.4, -0.2) is 45.9 Å². The van der Waals surface area contributed by atoms with Crippen molar-refractivity contribution < 1.29 is 14.4 Å². The number of amides is 4. The number of hydrogen-bond acceptors (Lipinski definition) is 3. The van der Waals surface area contributed by atoms with Gasteiger partial charge in [-0.1, -0.05) is 45.4 Å². The highest BCUT2D eigenvalue weighted by molar-refractivity contribution is 6.09. The summed E-state index contributed by atoms with van der Waals surface area (Å²) in [6.45, 7) is 7.82. The van der Waals surface area contributed by atoms with Gasteiger partial charge in [0.05, 0.1) is 0 Å². The van der Waals surface area contributed by atoms with Crippen LogP contribution in [-0.2, 0) is 16.1 Å². The molecule has 2 N–H and O–H groups in total. The molecule has 2 aromatic rings. The van der Waals surface area contributed by atoms with E-state index in [-0.39, 0.29) is 23.8 Å². The second kappa shape index (κ2) is 9.20. The first-order valence-corrected chi connectivity index (χ1v) is 12.2. The van der Waals surface area contributed by atoms with Crippen LogP contribution in [0.3, 0.4) is 0 Å². The normalized spacial score (nSPS) is 23.4. The number of aromatic nitrogens is 1. The van der Waals surface area contributed by atoms with E-state index in [9.17, 15) is 14.4 Å². The lowest BCUT2D eigenvalue weighted by atomic mass is 9.65. The third-order valence-electron chi connectivity index (χ3n) is 7.98. The Morgan fingerprint density at radius 2 is 1.91 bits per heavy atom. The largest absolute Gasteiger partial charge is 0.354 e. The van der Waals surface area contributed by atoms with E-state index in [1.165, 1.54) is 10.9 Å². The van der Waals surface area contributed by atoms with Crippen molar-refractivity contribution in [3.8, 4) is 0 Å². The number of para-hydroxylation sites is 1. The minimum absolute atomic E-state index is 0.219. The number of fused-ring (bicyclic) bond motifs is 1. The highest BCUT2D eigenvalue weighted by atomic mass is 16.2. The number of aryl methyl sites for hydroxylation is 1. The van der Waals surface area contributed by atoms with E-state index in [0.717, 1.165) is 37.1 Å². The number of benzene rings is 1. The topological polar surface area (TPSA) is 83.4 Å². The minimum Gasteiger partial charge on any atom is -0.354 e. The smallest absolute Gasteiger partial charge is 0.325 e.